The van der Waals surface area contributed by atoms with Crippen LogP contribution in [0.4, 0.5) is 0 Å². The van der Waals surface area contributed by atoms with Gasteiger partial charge in [-0.1, -0.05) is 6.07 Å². The molecule has 25 heavy (non-hydrogen) atoms. The molecule has 1 N–H and O–H groups in total. The standard InChI is InChI=1S/C20H32N2O2S/c1-18(2,24)11-12-22-15-19(14-17(22)23)7-9-20(10-8-19,21(3)4)16-6-5-13-25-16/h5-6,13,24H,7-12,14-15H2,1-4H3. The first kappa shape index (κ1) is 18.9. The minimum absolute atomic E-state index is 0.128. The van der Waals surface area contributed by atoms with Crippen molar-refractivity contribution in [1.29, 1.82) is 0 Å². The van der Waals surface area contributed by atoms with Crippen molar-refractivity contribution < 1.29 is 9.90 Å². The molecule has 1 aliphatic carbocycles. The normalized spacial score (nSPS) is 30.6. The predicted octanol–water partition coefficient (Wildman–Crippen LogP) is 3.46. The van der Waals surface area contributed by atoms with E-state index in [1.54, 1.807) is 0 Å². The summed E-state index contributed by atoms with van der Waals surface area (Å²) in [5.41, 5.74) is -0.432. The van der Waals surface area contributed by atoms with E-state index in [1.165, 1.54) is 4.88 Å². The molecule has 3 rings (SSSR count). The van der Waals surface area contributed by atoms with Gasteiger partial charge in [-0.3, -0.25) is 9.69 Å². The van der Waals surface area contributed by atoms with Gasteiger partial charge in [0.2, 0.25) is 5.91 Å². The summed E-state index contributed by atoms with van der Waals surface area (Å²) in [6.07, 6.45) is 5.78. The average Bonchev–Trinajstić information content (AvgIpc) is 3.15. The largest absolute Gasteiger partial charge is 0.390 e. The lowest BCUT2D eigenvalue weighted by Gasteiger charge is -2.48. The van der Waals surface area contributed by atoms with Gasteiger partial charge in [0, 0.05) is 24.4 Å². The zero-order valence-corrected chi connectivity index (χ0v) is 16.9. The monoisotopic (exact) mass is 364 g/mol. The Morgan fingerprint density at radius 3 is 2.48 bits per heavy atom. The average molecular weight is 365 g/mol. The summed E-state index contributed by atoms with van der Waals surface area (Å²) in [7, 11) is 4.38. The van der Waals surface area contributed by atoms with Gasteiger partial charge in [-0.05, 0) is 76.9 Å². The maximum Gasteiger partial charge on any atom is 0.223 e. The summed E-state index contributed by atoms with van der Waals surface area (Å²) >= 11 is 1.85. The maximum atomic E-state index is 12.5. The molecule has 1 spiro atoms. The molecular weight excluding hydrogens is 332 g/mol. The van der Waals surface area contributed by atoms with E-state index < -0.39 is 5.60 Å². The molecule has 0 radical (unpaired) electrons. The van der Waals surface area contributed by atoms with Crippen LogP contribution in [0.25, 0.3) is 0 Å². The quantitative estimate of drug-likeness (QED) is 0.870. The third-order valence-electron chi connectivity index (χ3n) is 6.37. The van der Waals surface area contributed by atoms with Gasteiger partial charge >= 0.3 is 0 Å². The van der Waals surface area contributed by atoms with Crippen molar-refractivity contribution in [2.45, 2.75) is 63.5 Å². The molecule has 2 heterocycles. The fourth-order valence-electron chi connectivity index (χ4n) is 4.58. The fourth-order valence-corrected chi connectivity index (χ4v) is 5.65. The molecule has 0 atom stereocenters. The predicted molar refractivity (Wildman–Crippen MR) is 103 cm³/mol. The number of aliphatic hydroxyl groups is 1. The van der Waals surface area contributed by atoms with E-state index in [-0.39, 0.29) is 16.9 Å². The highest BCUT2D eigenvalue weighted by Crippen LogP contribution is 2.52. The minimum Gasteiger partial charge on any atom is -0.390 e. The van der Waals surface area contributed by atoms with E-state index in [1.807, 2.05) is 30.1 Å². The highest BCUT2D eigenvalue weighted by molar-refractivity contribution is 7.10. The van der Waals surface area contributed by atoms with Crippen molar-refractivity contribution in [3.05, 3.63) is 22.4 Å². The summed E-state index contributed by atoms with van der Waals surface area (Å²) in [5.74, 6) is 0.276. The lowest BCUT2D eigenvalue weighted by Crippen LogP contribution is -2.47. The Bertz CT molecular complexity index is 596. The van der Waals surface area contributed by atoms with Gasteiger partial charge < -0.3 is 10.0 Å². The van der Waals surface area contributed by atoms with E-state index in [0.29, 0.717) is 19.4 Å². The lowest BCUT2D eigenvalue weighted by molar-refractivity contribution is -0.128. The molecule has 140 valence electrons. The van der Waals surface area contributed by atoms with Crippen LogP contribution in [0.3, 0.4) is 0 Å². The first-order chi connectivity index (χ1) is 11.7. The Morgan fingerprint density at radius 2 is 1.96 bits per heavy atom. The van der Waals surface area contributed by atoms with Crippen molar-refractivity contribution >= 4 is 17.2 Å². The second-order valence-electron chi connectivity index (χ2n) is 8.96. The van der Waals surface area contributed by atoms with Gasteiger partial charge in [0.05, 0.1) is 11.1 Å². The van der Waals surface area contributed by atoms with Crippen LogP contribution in [-0.2, 0) is 10.3 Å². The van der Waals surface area contributed by atoms with Crippen LogP contribution in [0, 0.1) is 5.41 Å². The summed E-state index contributed by atoms with van der Waals surface area (Å²) < 4.78 is 0. The Labute approximate surface area is 155 Å². The van der Waals surface area contributed by atoms with Crippen molar-refractivity contribution in [2.24, 2.45) is 5.41 Å². The van der Waals surface area contributed by atoms with Crippen LogP contribution >= 0.6 is 11.3 Å². The van der Waals surface area contributed by atoms with Crippen molar-refractivity contribution in [2.75, 3.05) is 27.2 Å². The molecule has 0 aromatic carbocycles. The van der Waals surface area contributed by atoms with Gasteiger partial charge in [-0.15, -0.1) is 11.3 Å². The Balaban J connectivity index is 1.68. The summed E-state index contributed by atoms with van der Waals surface area (Å²) in [6, 6.07) is 4.41. The molecule has 1 saturated carbocycles. The molecule has 0 bridgehead atoms. The number of carbonyl (C=O) groups excluding carboxylic acids is 1. The molecule has 2 aliphatic rings. The molecule has 2 fully saturated rings. The minimum atomic E-state index is -0.707. The third-order valence-corrected chi connectivity index (χ3v) is 7.44. The number of carbonyl (C=O) groups is 1. The topological polar surface area (TPSA) is 43.8 Å². The second kappa shape index (κ2) is 6.67. The van der Waals surface area contributed by atoms with E-state index in [4.69, 9.17) is 0 Å². The van der Waals surface area contributed by atoms with Crippen molar-refractivity contribution in [1.82, 2.24) is 9.80 Å². The number of nitrogens with zero attached hydrogens (tertiary/aromatic N) is 2. The van der Waals surface area contributed by atoms with E-state index >= 15 is 0 Å². The molecular formula is C20H32N2O2S. The first-order valence-corrected chi connectivity index (χ1v) is 10.3. The molecule has 1 saturated heterocycles. The number of amides is 1. The van der Waals surface area contributed by atoms with Gasteiger partial charge in [0.1, 0.15) is 0 Å². The third kappa shape index (κ3) is 3.79. The highest BCUT2D eigenvalue weighted by Gasteiger charge is 2.50. The van der Waals surface area contributed by atoms with Crippen LogP contribution in [-0.4, -0.2) is 53.6 Å². The van der Waals surface area contributed by atoms with E-state index in [0.717, 1.165) is 32.2 Å². The molecule has 1 aromatic heterocycles. The SMILES string of the molecule is CN(C)C1(c2cccs2)CCC2(CC1)CC(=O)N(CCC(C)(C)O)C2. The molecule has 1 aromatic rings. The summed E-state index contributed by atoms with van der Waals surface area (Å²) in [4.78, 5) is 18.4. The van der Waals surface area contributed by atoms with Gasteiger partial charge in [0.15, 0.2) is 0 Å². The molecule has 1 aliphatic heterocycles. The van der Waals surface area contributed by atoms with Crippen LogP contribution in [0.1, 0.15) is 57.2 Å². The van der Waals surface area contributed by atoms with Crippen LogP contribution in [0.5, 0.6) is 0 Å². The van der Waals surface area contributed by atoms with Gasteiger partial charge in [-0.2, -0.15) is 0 Å². The Hall–Kier alpha value is -0.910. The zero-order valence-electron chi connectivity index (χ0n) is 16.0. The first-order valence-electron chi connectivity index (χ1n) is 9.38. The van der Waals surface area contributed by atoms with Gasteiger partial charge in [0.25, 0.3) is 0 Å². The fraction of sp³-hybridized carbons (Fsp3) is 0.750. The van der Waals surface area contributed by atoms with E-state index in [2.05, 4.69) is 36.5 Å². The van der Waals surface area contributed by atoms with Crippen LogP contribution in [0.2, 0.25) is 0 Å². The maximum absolute atomic E-state index is 12.5. The Morgan fingerprint density at radius 1 is 1.28 bits per heavy atom. The van der Waals surface area contributed by atoms with Crippen LogP contribution in [0.15, 0.2) is 17.5 Å². The highest BCUT2D eigenvalue weighted by atomic mass is 32.1. The van der Waals surface area contributed by atoms with Crippen molar-refractivity contribution in [3.63, 3.8) is 0 Å². The van der Waals surface area contributed by atoms with Crippen molar-refractivity contribution in [3.8, 4) is 0 Å². The zero-order chi connectivity index (χ0) is 18.3. The molecule has 4 nitrogen and oxygen atoms in total. The van der Waals surface area contributed by atoms with Crippen LogP contribution < -0.4 is 0 Å². The number of hydrogen-bond acceptors (Lipinski definition) is 4. The summed E-state index contributed by atoms with van der Waals surface area (Å²) in [6.45, 7) is 5.18. The smallest absolute Gasteiger partial charge is 0.223 e. The lowest BCUT2D eigenvalue weighted by atomic mass is 9.66. The molecule has 5 heteroatoms. The number of likely N-dealkylation sites (tertiary alicyclic amines) is 1. The number of thiophene rings is 1. The van der Waals surface area contributed by atoms with Gasteiger partial charge in [-0.25, -0.2) is 0 Å². The number of hydrogen-bond donors (Lipinski definition) is 1. The molecule has 1 amide bonds. The Kier molecular flexibility index (Phi) is 5.04. The molecule has 0 unspecified atom stereocenters. The summed E-state index contributed by atoms with van der Waals surface area (Å²) in [5, 5.41) is 12.1. The number of rotatable bonds is 5. The van der Waals surface area contributed by atoms with E-state index in [9.17, 15) is 9.90 Å². The second-order valence-corrected chi connectivity index (χ2v) is 9.91.